The van der Waals surface area contributed by atoms with E-state index < -0.39 is 0 Å². The number of allylic oxidation sites excluding steroid dienone is 1. The molecule has 0 saturated heterocycles. The maximum absolute atomic E-state index is 4.23. The minimum Gasteiger partial charge on any atom is -0.293 e. The van der Waals surface area contributed by atoms with E-state index in [1.54, 1.807) is 0 Å². The lowest BCUT2D eigenvalue weighted by molar-refractivity contribution is 0.657. The number of nitrogens with zero attached hydrogens (tertiary/aromatic N) is 2. The van der Waals surface area contributed by atoms with E-state index in [1.165, 1.54) is 5.56 Å². The Balaban J connectivity index is 1.99. The molecule has 2 nitrogen and oxygen atoms in total. The zero-order valence-electron chi connectivity index (χ0n) is 7.43. The smallest absolute Gasteiger partial charge is 0.0455 e. The third-order valence-corrected chi connectivity index (χ3v) is 2.16. The van der Waals surface area contributed by atoms with Crippen molar-refractivity contribution < 1.29 is 0 Å². The summed E-state index contributed by atoms with van der Waals surface area (Å²) in [5, 5.41) is 0. The molecule has 2 heterocycles. The molecule has 0 radical (unpaired) electrons. The Morgan fingerprint density at radius 2 is 2.15 bits per heavy atom. The molecule has 13 heavy (non-hydrogen) atoms. The molecule has 0 bridgehead atoms. The van der Waals surface area contributed by atoms with Crippen molar-refractivity contribution >= 4 is 6.21 Å². The molecule has 1 aromatic heterocycles. The molecule has 2 heteroatoms. The fourth-order valence-electron chi connectivity index (χ4n) is 1.48. The van der Waals surface area contributed by atoms with Crippen molar-refractivity contribution in [2.75, 3.05) is 6.54 Å². The molecule has 1 aromatic rings. The van der Waals surface area contributed by atoms with Gasteiger partial charge in [0.25, 0.3) is 0 Å². The van der Waals surface area contributed by atoms with Gasteiger partial charge in [-0.25, -0.2) is 0 Å². The van der Waals surface area contributed by atoms with E-state index in [9.17, 15) is 0 Å². The lowest BCUT2D eigenvalue weighted by Crippen LogP contribution is -2.08. The molecule has 0 fully saturated rings. The van der Waals surface area contributed by atoms with Gasteiger partial charge in [-0.1, -0.05) is 6.08 Å². The molecule has 0 N–H and O–H groups in total. The number of aromatic nitrogens is 1. The van der Waals surface area contributed by atoms with Crippen molar-refractivity contribution in [3.8, 4) is 0 Å². The van der Waals surface area contributed by atoms with Crippen LogP contribution >= 0.6 is 0 Å². The highest BCUT2D eigenvalue weighted by Gasteiger charge is 2.06. The maximum atomic E-state index is 4.23. The monoisotopic (exact) mass is 172 g/mol. The van der Waals surface area contributed by atoms with Crippen molar-refractivity contribution in [3.05, 3.63) is 42.2 Å². The zero-order valence-corrected chi connectivity index (χ0v) is 7.43. The number of pyridine rings is 1. The Hall–Kier alpha value is -1.44. The normalized spacial score (nSPS) is 20.5. The van der Waals surface area contributed by atoms with E-state index in [2.05, 4.69) is 28.2 Å². The van der Waals surface area contributed by atoms with Gasteiger partial charge >= 0.3 is 0 Å². The van der Waals surface area contributed by atoms with Gasteiger partial charge in [-0.15, -0.1) is 0 Å². The lowest BCUT2D eigenvalue weighted by atomic mass is 9.99. The molecular weight excluding hydrogens is 160 g/mol. The minimum absolute atomic E-state index is 0.562. The maximum Gasteiger partial charge on any atom is 0.0455 e. The summed E-state index contributed by atoms with van der Waals surface area (Å²) in [6.07, 6.45) is 10.8. The van der Waals surface area contributed by atoms with E-state index >= 15 is 0 Å². The molecule has 0 aliphatic carbocycles. The largest absolute Gasteiger partial charge is 0.293 e. The van der Waals surface area contributed by atoms with Gasteiger partial charge in [0.2, 0.25) is 0 Å². The van der Waals surface area contributed by atoms with Crippen molar-refractivity contribution in [3.63, 3.8) is 0 Å². The third-order valence-electron chi connectivity index (χ3n) is 2.16. The van der Waals surface area contributed by atoms with Crippen molar-refractivity contribution in [2.45, 2.75) is 6.42 Å². The Kier molecular flexibility index (Phi) is 2.51. The van der Waals surface area contributed by atoms with Crippen molar-refractivity contribution in [1.82, 2.24) is 4.98 Å². The minimum atomic E-state index is 0.562. The fraction of sp³-hybridized carbons (Fsp3) is 0.273. The fourth-order valence-corrected chi connectivity index (χ4v) is 1.48. The summed E-state index contributed by atoms with van der Waals surface area (Å²) in [4.78, 5) is 8.22. The number of hydrogen-bond acceptors (Lipinski definition) is 2. The second-order valence-corrected chi connectivity index (χ2v) is 3.22. The summed E-state index contributed by atoms with van der Waals surface area (Å²) in [5.74, 6) is 0.562. The van der Waals surface area contributed by atoms with E-state index in [-0.39, 0.29) is 0 Å². The summed E-state index contributed by atoms with van der Waals surface area (Å²) in [6.45, 7) is 0.915. The van der Waals surface area contributed by atoms with E-state index in [1.807, 2.05) is 24.7 Å². The van der Waals surface area contributed by atoms with Gasteiger partial charge in [0.05, 0.1) is 0 Å². The molecule has 1 aliphatic heterocycles. The first-order chi connectivity index (χ1) is 6.45. The van der Waals surface area contributed by atoms with Crippen LogP contribution in [0, 0.1) is 5.92 Å². The van der Waals surface area contributed by atoms with Crippen LogP contribution in [0.2, 0.25) is 0 Å². The average molecular weight is 172 g/mol. The first-order valence-corrected chi connectivity index (χ1v) is 4.50. The Morgan fingerprint density at radius 1 is 1.31 bits per heavy atom. The van der Waals surface area contributed by atoms with Crippen molar-refractivity contribution in [1.29, 1.82) is 0 Å². The summed E-state index contributed by atoms with van der Waals surface area (Å²) in [6, 6.07) is 4.12. The highest BCUT2D eigenvalue weighted by molar-refractivity contribution is 5.71. The standard InChI is InChI=1S/C11H12N2/c1-2-11(9-13-5-1)8-10-3-6-12-7-4-10/h1-7,11H,8-9H2. The van der Waals surface area contributed by atoms with E-state index in [0.717, 1.165) is 13.0 Å². The summed E-state index contributed by atoms with van der Waals surface area (Å²) in [5.41, 5.74) is 1.33. The molecule has 0 amide bonds. The Morgan fingerprint density at radius 3 is 2.85 bits per heavy atom. The first-order valence-electron chi connectivity index (χ1n) is 4.50. The van der Waals surface area contributed by atoms with Gasteiger partial charge in [0, 0.05) is 31.1 Å². The predicted molar refractivity (Wildman–Crippen MR) is 53.9 cm³/mol. The lowest BCUT2D eigenvalue weighted by Gasteiger charge is -2.11. The van der Waals surface area contributed by atoms with E-state index in [0.29, 0.717) is 5.92 Å². The van der Waals surface area contributed by atoms with Gasteiger partial charge < -0.3 is 0 Å². The second-order valence-electron chi connectivity index (χ2n) is 3.22. The Labute approximate surface area is 78.0 Å². The van der Waals surface area contributed by atoms with Crippen LogP contribution in [-0.2, 0) is 6.42 Å². The summed E-state index contributed by atoms with van der Waals surface area (Å²) in [7, 11) is 0. The van der Waals surface area contributed by atoms with Crippen LogP contribution in [0.25, 0.3) is 0 Å². The van der Waals surface area contributed by atoms with Crippen LogP contribution in [0.3, 0.4) is 0 Å². The molecular formula is C11H12N2. The highest BCUT2D eigenvalue weighted by Crippen LogP contribution is 2.11. The summed E-state index contributed by atoms with van der Waals surface area (Å²) < 4.78 is 0. The van der Waals surface area contributed by atoms with Crippen LogP contribution in [0.15, 0.2) is 41.7 Å². The molecule has 1 unspecified atom stereocenters. The quantitative estimate of drug-likeness (QED) is 0.668. The van der Waals surface area contributed by atoms with Gasteiger partial charge in [-0.2, -0.15) is 0 Å². The Bertz CT molecular complexity index is 314. The molecule has 2 rings (SSSR count). The molecule has 0 spiro atoms. The van der Waals surface area contributed by atoms with Gasteiger partial charge in [-0.05, 0) is 30.2 Å². The van der Waals surface area contributed by atoms with Crippen LogP contribution in [-0.4, -0.2) is 17.7 Å². The van der Waals surface area contributed by atoms with Crippen LogP contribution in [0.5, 0.6) is 0 Å². The third kappa shape index (κ3) is 2.25. The van der Waals surface area contributed by atoms with E-state index in [4.69, 9.17) is 0 Å². The van der Waals surface area contributed by atoms with Crippen molar-refractivity contribution in [2.24, 2.45) is 10.9 Å². The average Bonchev–Trinajstić information content (AvgIpc) is 2.21. The topological polar surface area (TPSA) is 25.2 Å². The molecule has 0 aromatic carbocycles. The van der Waals surface area contributed by atoms with Crippen LogP contribution in [0.4, 0.5) is 0 Å². The molecule has 0 saturated carbocycles. The number of dihydropyridines is 1. The summed E-state index contributed by atoms with van der Waals surface area (Å²) >= 11 is 0. The zero-order chi connectivity index (χ0) is 8.93. The first kappa shape index (κ1) is 8.17. The van der Waals surface area contributed by atoms with Crippen LogP contribution < -0.4 is 0 Å². The molecule has 1 aliphatic rings. The van der Waals surface area contributed by atoms with Gasteiger partial charge in [0.1, 0.15) is 0 Å². The van der Waals surface area contributed by atoms with Gasteiger partial charge in [0.15, 0.2) is 0 Å². The van der Waals surface area contributed by atoms with Crippen LogP contribution in [0.1, 0.15) is 5.56 Å². The number of aliphatic imine (C=N–C) groups is 1. The van der Waals surface area contributed by atoms with Gasteiger partial charge in [-0.3, -0.25) is 9.98 Å². The number of rotatable bonds is 2. The SMILES string of the molecule is C1=CC(Cc2ccncc2)CN=C1. The predicted octanol–water partition coefficient (Wildman–Crippen LogP) is 1.88. The molecule has 66 valence electrons. The molecule has 1 atom stereocenters. The highest BCUT2D eigenvalue weighted by atomic mass is 14.7. The second kappa shape index (κ2) is 3.99. The number of hydrogen-bond donors (Lipinski definition) is 0.